The molecule has 0 saturated heterocycles. The number of aliphatic hydroxyl groups is 5. The summed E-state index contributed by atoms with van der Waals surface area (Å²) in [5, 5.41) is 50.4. The smallest absolute Gasteiger partial charge is 0.457 e. The average Bonchev–Trinajstić information content (AvgIpc) is 3.39. The van der Waals surface area contributed by atoms with Gasteiger partial charge in [0.25, 0.3) is 0 Å². The van der Waals surface area contributed by atoms with Gasteiger partial charge in [-0.15, -0.1) is 0 Å². The maximum atomic E-state index is 12.9. The van der Waals surface area contributed by atoms with Crippen LogP contribution in [0.3, 0.4) is 0 Å². The molecule has 0 aromatic heterocycles. The van der Waals surface area contributed by atoms with Gasteiger partial charge in [-0.1, -0.05) is 205 Å². The second-order valence-electron chi connectivity index (χ2n) is 18.7. The van der Waals surface area contributed by atoms with Crippen molar-refractivity contribution in [3.8, 4) is 0 Å². The van der Waals surface area contributed by atoms with E-state index in [2.05, 4.69) is 135 Å². The van der Waals surface area contributed by atoms with Gasteiger partial charge in [0.05, 0.1) is 13.2 Å². The molecule has 0 amide bonds. The van der Waals surface area contributed by atoms with E-state index in [0.717, 1.165) is 103 Å². The highest BCUT2D eigenvalue weighted by Crippen LogP contribution is 2.47. The lowest BCUT2D eigenvalue weighted by Gasteiger charge is -2.41. The van der Waals surface area contributed by atoms with Crippen molar-refractivity contribution >= 4 is 13.8 Å². The molecule has 0 spiro atoms. The minimum Gasteiger partial charge on any atom is -0.457 e. The Morgan fingerprint density at radius 1 is 0.432 bits per heavy atom. The standard InChI is InChI=1S/C61H99O12P/c1-3-5-7-9-11-13-15-17-19-21-23-25-27-29-31-33-35-37-39-41-43-45-47-49-51-70-52-54(53-71-74(68,69)73-61-59(66)57(64)56(63)58(65)60(61)67)72-55(62)50-48-46-44-42-40-38-36-34-32-30-28-26-24-22-20-18-16-14-12-10-8-6-4-2/h5-8,11-14,17-20,23-26,30,32,36,38,42,44,54,56-61,63-67H,3-4,9-10,15-16,21-22,27-29,31,33-35,37,39-41,43,45-53H2,1-2H3,(H,68,69)/b7-5-,8-6-,13-11-,14-12-,19-17-,20-18-,25-23-,26-24-,32-30-,38-36-,44-42-. The van der Waals surface area contributed by atoms with Crippen LogP contribution in [0.15, 0.2) is 134 Å². The Labute approximate surface area is 447 Å². The topological polar surface area (TPSA) is 192 Å². The molecule has 0 aromatic rings. The molecule has 0 aliphatic heterocycles. The zero-order valence-corrected chi connectivity index (χ0v) is 46.2. The number of carbonyl (C=O) groups excluding carboxylic acids is 1. The summed E-state index contributed by atoms with van der Waals surface area (Å²) in [6.45, 7) is 3.96. The van der Waals surface area contributed by atoms with Crippen LogP contribution in [-0.2, 0) is 27.9 Å². The molecule has 13 heteroatoms. The first-order valence-corrected chi connectivity index (χ1v) is 29.5. The van der Waals surface area contributed by atoms with Gasteiger partial charge in [0, 0.05) is 13.0 Å². The molecular formula is C61H99O12P. The minimum absolute atomic E-state index is 0.0965. The zero-order chi connectivity index (χ0) is 54.0. The lowest BCUT2D eigenvalue weighted by Crippen LogP contribution is -2.64. The van der Waals surface area contributed by atoms with E-state index in [0.29, 0.717) is 19.4 Å². The molecule has 420 valence electrons. The number of phosphoric acid groups is 1. The van der Waals surface area contributed by atoms with E-state index < -0.39 is 63.1 Å². The number of unbranched alkanes of at least 4 members (excludes halogenated alkanes) is 12. The highest BCUT2D eigenvalue weighted by molar-refractivity contribution is 7.47. The molecule has 74 heavy (non-hydrogen) atoms. The molecule has 1 aliphatic carbocycles. The molecular weight excluding hydrogens is 956 g/mol. The molecule has 0 aromatic carbocycles. The van der Waals surface area contributed by atoms with Crippen molar-refractivity contribution in [2.75, 3.05) is 19.8 Å². The Kier molecular flexibility index (Phi) is 45.4. The molecule has 1 rings (SSSR count). The fourth-order valence-electron chi connectivity index (χ4n) is 7.69. The predicted molar refractivity (Wildman–Crippen MR) is 303 cm³/mol. The largest absolute Gasteiger partial charge is 0.472 e. The monoisotopic (exact) mass is 1050 g/mol. The molecule has 6 N–H and O–H groups in total. The van der Waals surface area contributed by atoms with Crippen molar-refractivity contribution < 1.29 is 58.3 Å². The second-order valence-corrected chi connectivity index (χ2v) is 20.1. The third kappa shape index (κ3) is 39.8. The summed E-state index contributed by atoms with van der Waals surface area (Å²) in [5.74, 6) is -0.540. The van der Waals surface area contributed by atoms with Crippen molar-refractivity contribution in [3.05, 3.63) is 134 Å². The molecule has 1 fully saturated rings. The number of hydrogen-bond donors (Lipinski definition) is 6. The van der Waals surface area contributed by atoms with Gasteiger partial charge >= 0.3 is 13.8 Å². The van der Waals surface area contributed by atoms with E-state index in [1.807, 2.05) is 12.2 Å². The first kappa shape index (κ1) is 68.5. The van der Waals surface area contributed by atoms with Crippen LogP contribution in [-0.4, -0.2) is 98.9 Å². The number of ether oxygens (including phenoxy) is 2. The lowest BCUT2D eigenvalue weighted by molar-refractivity contribution is -0.220. The molecule has 0 bridgehead atoms. The Bertz CT molecular complexity index is 1730. The van der Waals surface area contributed by atoms with E-state index in [4.69, 9.17) is 18.5 Å². The molecule has 6 atom stereocenters. The summed E-state index contributed by atoms with van der Waals surface area (Å²) in [7, 11) is -5.05. The summed E-state index contributed by atoms with van der Waals surface area (Å²) < 4.78 is 34.3. The van der Waals surface area contributed by atoms with E-state index in [-0.39, 0.29) is 13.0 Å². The lowest BCUT2D eigenvalue weighted by atomic mass is 9.85. The Hall–Kier alpha value is -3.52. The van der Waals surface area contributed by atoms with Gasteiger partial charge in [0.2, 0.25) is 0 Å². The number of aliphatic hydroxyl groups excluding tert-OH is 5. The highest BCUT2D eigenvalue weighted by atomic mass is 31.2. The van der Waals surface area contributed by atoms with Gasteiger partial charge in [-0.2, -0.15) is 0 Å². The minimum atomic E-state index is -5.05. The first-order valence-electron chi connectivity index (χ1n) is 28.0. The third-order valence-electron chi connectivity index (χ3n) is 12.0. The van der Waals surface area contributed by atoms with Gasteiger partial charge < -0.3 is 39.9 Å². The Balaban J connectivity index is 2.36. The third-order valence-corrected chi connectivity index (χ3v) is 13.0. The van der Waals surface area contributed by atoms with Crippen LogP contribution >= 0.6 is 7.82 Å². The summed E-state index contributed by atoms with van der Waals surface area (Å²) >= 11 is 0. The Morgan fingerprint density at radius 3 is 1.15 bits per heavy atom. The molecule has 1 aliphatic rings. The van der Waals surface area contributed by atoms with Gasteiger partial charge in [0.15, 0.2) is 0 Å². The zero-order valence-electron chi connectivity index (χ0n) is 45.3. The first-order chi connectivity index (χ1) is 36.0. The highest BCUT2D eigenvalue weighted by Gasteiger charge is 2.51. The number of rotatable bonds is 46. The van der Waals surface area contributed by atoms with Crippen LogP contribution in [0, 0.1) is 0 Å². The Morgan fingerprint density at radius 2 is 0.757 bits per heavy atom. The summed E-state index contributed by atoms with van der Waals surface area (Å²) in [6.07, 6.45) is 60.9. The van der Waals surface area contributed by atoms with E-state index in [9.17, 15) is 39.8 Å². The van der Waals surface area contributed by atoms with E-state index >= 15 is 0 Å². The van der Waals surface area contributed by atoms with Crippen LogP contribution in [0.5, 0.6) is 0 Å². The summed E-state index contributed by atoms with van der Waals surface area (Å²) in [6, 6.07) is 0. The van der Waals surface area contributed by atoms with Crippen molar-refractivity contribution in [2.45, 2.75) is 224 Å². The molecule has 1 saturated carbocycles. The van der Waals surface area contributed by atoms with E-state index in [1.165, 1.54) is 44.9 Å². The SMILES string of the molecule is CC/C=C\C/C=C\C/C=C\C/C=C\C/C=C\C/C=C\C/C=C\CCCC(=O)OC(COCCCCCCCCCCCCC/C=C\C/C=C\C/C=C\C/C=C\CC)COP(=O)(O)OC1C(O)C(O)C(O)C(O)C1O. The van der Waals surface area contributed by atoms with Crippen molar-refractivity contribution in [2.24, 2.45) is 0 Å². The fourth-order valence-corrected chi connectivity index (χ4v) is 8.66. The van der Waals surface area contributed by atoms with Crippen LogP contribution in [0.2, 0.25) is 0 Å². The quantitative estimate of drug-likeness (QED) is 0.0147. The summed E-state index contributed by atoms with van der Waals surface area (Å²) in [4.78, 5) is 23.3. The van der Waals surface area contributed by atoms with Crippen molar-refractivity contribution in [1.29, 1.82) is 0 Å². The van der Waals surface area contributed by atoms with Gasteiger partial charge in [0.1, 0.15) is 42.7 Å². The molecule has 6 unspecified atom stereocenters. The number of esters is 1. The van der Waals surface area contributed by atoms with Crippen molar-refractivity contribution in [1.82, 2.24) is 0 Å². The maximum absolute atomic E-state index is 12.9. The number of allylic oxidation sites excluding steroid dienone is 22. The number of phosphoric ester groups is 1. The number of carbonyl (C=O) groups is 1. The maximum Gasteiger partial charge on any atom is 0.472 e. The van der Waals surface area contributed by atoms with Crippen LogP contribution in [0.1, 0.15) is 181 Å². The predicted octanol–water partition coefficient (Wildman–Crippen LogP) is 13.5. The number of hydrogen-bond acceptors (Lipinski definition) is 11. The molecule has 0 heterocycles. The van der Waals surface area contributed by atoms with Crippen LogP contribution in [0.4, 0.5) is 0 Å². The van der Waals surface area contributed by atoms with Gasteiger partial charge in [-0.3, -0.25) is 13.8 Å². The second kappa shape index (κ2) is 49.1. The molecule has 0 radical (unpaired) electrons. The van der Waals surface area contributed by atoms with Crippen molar-refractivity contribution in [3.63, 3.8) is 0 Å². The van der Waals surface area contributed by atoms with Crippen LogP contribution in [0.25, 0.3) is 0 Å². The average molecular weight is 1060 g/mol. The fraction of sp³-hybridized carbons (Fsp3) is 0.623. The summed E-state index contributed by atoms with van der Waals surface area (Å²) in [5.41, 5.74) is 0. The van der Waals surface area contributed by atoms with Gasteiger partial charge in [-0.05, 0) is 103 Å². The van der Waals surface area contributed by atoms with Gasteiger partial charge in [-0.25, -0.2) is 4.57 Å². The molecule has 12 nitrogen and oxygen atoms in total. The van der Waals surface area contributed by atoms with Crippen LogP contribution < -0.4 is 0 Å². The van der Waals surface area contributed by atoms with E-state index in [1.54, 1.807) is 0 Å². The normalized spacial score (nSPS) is 21.5.